The molecule has 0 aliphatic heterocycles. The minimum absolute atomic E-state index is 0. The minimum Gasteiger partial charge on any atom is -0.305 e. The molecule has 0 aliphatic rings. The van der Waals surface area contributed by atoms with Gasteiger partial charge in [-0.3, -0.25) is 0 Å². The first-order chi connectivity index (χ1) is 27.7. The van der Waals surface area contributed by atoms with Crippen LogP contribution < -0.4 is 31.8 Å². The Morgan fingerprint density at radius 1 is 0.386 bits per heavy atom. The third-order valence-electron chi connectivity index (χ3n) is 8.02. The van der Waals surface area contributed by atoms with Crippen LogP contribution in [0.15, 0.2) is 231 Å². The van der Waals surface area contributed by atoms with Gasteiger partial charge in [0, 0.05) is 20.0 Å². The zero-order valence-corrected chi connectivity index (χ0v) is 35.9. The van der Waals surface area contributed by atoms with Gasteiger partial charge in [0.15, 0.2) is 0 Å². The molecule has 281 valence electrons. The van der Waals surface area contributed by atoms with E-state index in [1.165, 1.54) is 45.7 Å². The summed E-state index contributed by atoms with van der Waals surface area (Å²) in [5.41, 5.74) is 2.01. The molecule has 0 saturated heterocycles. The van der Waals surface area contributed by atoms with Gasteiger partial charge in [-0.1, -0.05) is 121 Å². The van der Waals surface area contributed by atoms with Crippen LogP contribution in [0.3, 0.4) is 0 Å². The normalized spacial score (nSPS) is 9.37. The summed E-state index contributed by atoms with van der Waals surface area (Å²) in [6, 6.07) is 85.3. The van der Waals surface area contributed by atoms with Gasteiger partial charge in [0.05, 0.1) is 28.0 Å². The molecular formula is C51H46N3P2Ru+2. The molecule has 0 aliphatic carbocycles. The molecule has 7 aromatic carbocycles. The van der Waals surface area contributed by atoms with Crippen LogP contribution in [0.4, 0.5) is 0 Å². The second-order valence-electron chi connectivity index (χ2n) is 11.9. The van der Waals surface area contributed by atoms with E-state index in [9.17, 15) is 0 Å². The van der Waals surface area contributed by atoms with Gasteiger partial charge in [-0.05, 0) is 84.6 Å². The summed E-state index contributed by atoms with van der Waals surface area (Å²) in [5.74, 6) is 0. The number of aromatic nitrogens is 1. The maximum Gasteiger partial charge on any atom is 1.00 e. The van der Waals surface area contributed by atoms with E-state index in [4.69, 9.17) is 10.5 Å². The molecule has 1 aromatic heterocycles. The van der Waals surface area contributed by atoms with E-state index in [0.29, 0.717) is 0 Å². The largest absolute Gasteiger partial charge is 1.00 e. The summed E-state index contributed by atoms with van der Waals surface area (Å²) < 4.78 is 0. The fraction of sp³-hybridized carbons (Fsp3) is 0.0392. The van der Waals surface area contributed by atoms with E-state index in [0.717, 1.165) is 11.3 Å². The van der Waals surface area contributed by atoms with Gasteiger partial charge < -0.3 is 4.98 Å². The summed E-state index contributed by atoms with van der Waals surface area (Å²) in [6.45, 7) is 2.86. The number of nitrogens with zero attached hydrogens (tertiary/aromatic N) is 3. The second-order valence-corrected chi connectivity index (χ2v) is 16.8. The van der Waals surface area contributed by atoms with E-state index in [-0.39, 0.29) is 19.5 Å². The van der Waals surface area contributed by atoms with Crippen molar-refractivity contribution in [1.82, 2.24) is 4.98 Å². The molecule has 0 spiro atoms. The van der Waals surface area contributed by atoms with Crippen molar-refractivity contribution in [1.29, 1.82) is 10.5 Å². The van der Waals surface area contributed by atoms with E-state index >= 15 is 0 Å². The van der Waals surface area contributed by atoms with Crippen LogP contribution in [-0.2, 0) is 19.5 Å². The Kier molecular flexibility index (Phi) is 22.1. The van der Waals surface area contributed by atoms with Crippen molar-refractivity contribution >= 4 is 47.7 Å². The Labute approximate surface area is 354 Å². The summed E-state index contributed by atoms with van der Waals surface area (Å²) in [4.78, 5) is 4.22. The smallest absolute Gasteiger partial charge is 0.305 e. The van der Waals surface area contributed by atoms with Crippen molar-refractivity contribution in [2.24, 2.45) is 0 Å². The maximum atomic E-state index is 7.32. The molecule has 0 amide bonds. The summed E-state index contributed by atoms with van der Waals surface area (Å²) in [7, 11) is -1.75. The summed E-state index contributed by atoms with van der Waals surface area (Å²) in [6.07, 6.45) is 1.79. The van der Waals surface area contributed by atoms with Crippen molar-refractivity contribution in [2.75, 3.05) is 0 Å². The number of pyridine rings is 1. The average Bonchev–Trinajstić information content (AvgIpc) is 3.28. The number of hydrogen-bond acceptors (Lipinski definition) is 3. The predicted molar refractivity (Wildman–Crippen MR) is 244 cm³/mol. The van der Waals surface area contributed by atoms with Gasteiger partial charge in [0.2, 0.25) is 0 Å². The first-order valence-corrected chi connectivity index (χ1v) is 21.3. The molecule has 0 saturated carbocycles. The van der Waals surface area contributed by atoms with Crippen LogP contribution in [0.25, 0.3) is 11.3 Å². The molecular weight excluding hydrogens is 818 g/mol. The standard InChI is InChI=1S/2C18H15P.C11H8N.2C2H3N.Ru/c2*1-4-10-16(11-5-1)19(17-12-6-2-7-13-17)18-14-8-3-9-15-18;1-2-6-10(7-3-1)11-8-4-5-9-12-11;2*1-2-3;/h2*1-15H;1-6,8-9H;2*1H3;/q;;-1;;;+1/p+2. The number of hydrogen-bond donors (Lipinski definition) is 0. The molecule has 0 unspecified atom stereocenters. The van der Waals surface area contributed by atoms with E-state index in [1.54, 1.807) is 18.3 Å². The molecule has 0 fully saturated rings. The van der Waals surface area contributed by atoms with Crippen LogP contribution in [-0.4, -0.2) is 4.98 Å². The van der Waals surface area contributed by atoms with Crippen molar-refractivity contribution in [3.05, 3.63) is 237 Å². The zero-order valence-electron chi connectivity index (χ0n) is 32.1. The molecule has 1 radical (unpaired) electrons. The second kappa shape index (κ2) is 27.7. The van der Waals surface area contributed by atoms with Crippen molar-refractivity contribution in [3.63, 3.8) is 0 Å². The molecule has 0 bridgehead atoms. The van der Waals surface area contributed by atoms with Crippen LogP contribution in [0.5, 0.6) is 0 Å². The Hall–Kier alpha value is -5.85. The zero-order chi connectivity index (χ0) is 39.5. The van der Waals surface area contributed by atoms with Gasteiger partial charge in [-0.15, -0.1) is 35.9 Å². The molecule has 1 heterocycles. The predicted octanol–water partition coefficient (Wildman–Crippen LogP) is 9.96. The first-order valence-electron chi connectivity index (χ1n) is 18.3. The Morgan fingerprint density at radius 3 is 0.877 bits per heavy atom. The minimum atomic E-state index is -0.877. The number of nitriles is 2. The molecule has 3 nitrogen and oxygen atoms in total. The van der Waals surface area contributed by atoms with E-state index in [2.05, 4.69) is 193 Å². The number of rotatable bonds is 7. The molecule has 6 heteroatoms. The van der Waals surface area contributed by atoms with Crippen molar-refractivity contribution in [3.8, 4) is 23.4 Å². The van der Waals surface area contributed by atoms with Gasteiger partial charge in [-0.2, -0.15) is 10.5 Å². The molecule has 57 heavy (non-hydrogen) atoms. The summed E-state index contributed by atoms with van der Waals surface area (Å²) >= 11 is 0. The fourth-order valence-corrected chi connectivity index (χ4v) is 10.9. The van der Waals surface area contributed by atoms with E-state index in [1.807, 2.05) is 42.5 Å². The SMILES string of the molecule is CC#N.CC#N.[Ru+].[c-]1ccccc1-c1ccccn1.c1ccc([PH+](c2ccccc2)c2ccccc2)cc1.c1ccc([PH+](c2ccccc2)c2ccccc2)cc1. The molecule has 0 N–H and O–H groups in total. The molecule has 8 rings (SSSR count). The van der Waals surface area contributed by atoms with Gasteiger partial charge in [0.1, 0.15) is 31.8 Å². The maximum absolute atomic E-state index is 7.32. The Bertz CT molecular complexity index is 1920. The molecule has 8 aromatic rings. The third-order valence-corrected chi connectivity index (χ3v) is 13.5. The van der Waals surface area contributed by atoms with Gasteiger partial charge in [0.25, 0.3) is 0 Å². The van der Waals surface area contributed by atoms with Crippen LogP contribution in [0.1, 0.15) is 13.8 Å². The Morgan fingerprint density at radius 2 is 0.649 bits per heavy atom. The van der Waals surface area contributed by atoms with Gasteiger partial charge in [-0.25, -0.2) is 0 Å². The Balaban J connectivity index is 0.000000217. The average molecular weight is 864 g/mol. The fourth-order valence-electron chi connectivity index (χ4n) is 5.70. The van der Waals surface area contributed by atoms with Crippen LogP contribution >= 0.6 is 15.8 Å². The van der Waals surface area contributed by atoms with Crippen molar-refractivity contribution in [2.45, 2.75) is 13.8 Å². The monoisotopic (exact) mass is 864 g/mol. The number of benzene rings is 7. The quantitative estimate of drug-likeness (QED) is 0.0911. The summed E-state index contributed by atoms with van der Waals surface area (Å²) in [5, 5.41) is 23.2. The molecule has 0 atom stereocenters. The van der Waals surface area contributed by atoms with E-state index < -0.39 is 15.8 Å². The third kappa shape index (κ3) is 15.7. The first kappa shape index (κ1) is 45.5. The topological polar surface area (TPSA) is 60.5 Å². The van der Waals surface area contributed by atoms with Gasteiger partial charge >= 0.3 is 19.5 Å². The van der Waals surface area contributed by atoms with Crippen LogP contribution in [0, 0.1) is 28.7 Å². The van der Waals surface area contributed by atoms with Crippen LogP contribution in [0.2, 0.25) is 0 Å². The van der Waals surface area contributed by atoms with Crippen molar-refractivity contribution < 1.29 is 19.5 Å².